The predicted molar refractivity (Wildman–Crippen MR) is 124 cm³/mol. The zero-order chi connectivity index (χ0) is 24.1. The summed E-state index contributed by atoms with van der Waals surface area (Å²) in [5.41, 5.74) is -0.230. The van der Waals surface area contributed by atoms with Gasteiger partial charge >= 0.3 is 29.6 Å². The van der Waals surface area contributed by atoms with Gasteiger partial charge in [0.1, 0.15) is 0 Å². The van der Waals surface area contributed by atoms with Crippen LogP contribution in [0.3, 0.4) is 0 Å². The average molecular weight is 506 g/mol. The van der Waals surface area contributed by atoms with E-state index in [2.05, 4.69) is 26.1 Å². The number of aliphatic hydroxyl groups excluding tert-OH is 3. The fraction of sp³-hybridized carbons (Fsp3) is 0.923. The van der Waals surface area contributed by atoms with Gasteiger partial charge in [-0.25, -0.2) is 0 Å². The topological polar surface area (TPSA) is 161 Å². The summed E-state index contributed by atoms with van der Waals surface area (Å²) < 4.78 is 0. The maximum Gasteiger partial charge on any atom is 1.00 e. The van der Waals surface area contributed by atoms with E-state index in [-0.39, 0.29) is 100.0 Å². The van der Waals surface area contributed by atoms with Gasteiger partial charge in [0.05, 0.1) is 30.8 Å². The third-order valence-corrected chi connectivity index (χ3v) is 10.8. The second-order valence-electron chi connectivity index (χ2n) is 12.2. The van der Waals surface area contributed by atoms with Crippen molar-refractivity contribution >= 4 is 11.9 Å². The van der Waals surface area contributed by atoms with Gasteiger partial charge in [-0.3, -0.25) is 4.79 Å². The number of amides is 1. The summed E-state index contributed by atoms with van der Waals surface area (Å²) in [5.74, 6) is -0.0789. The number of carboxylic acids is 1. The average Bonchev–Trinajstić information content (AvgIpc) is 3.11. The Morgan fingerprint density at radius 2 is 1.74 bits per heavy atom. The summed E-state index contributed by atoms with van der Waals surface area (Å²) in [6.45, 7) is 6.21. The van der Waals surface area contributed by atoms with Crippen molar-refractivity contribution < 1.29 is 65.0 Å². The van der Waals surface area contributed by atoms with Crippen molar-refractivity contribution in [3.63, 3.8) is 0 Å². The van der Waals surface area contributed by atoms with Gasteiger partial charge in [0.25, 0.3) is 0 Å². The van der Waals surface area contributed by atoms with E-state index in [1.165, 1.54) is 0 Å². The standard InChI is InChI=1S/C26H43NO6.Na.H2O/c1-14(4-7-22(31)27-13-23(32)33)17-5-6-18-24-19(12-21(30)26(17,18)3)25(2)9-8-16(28)10-15(25)11-20(24)29;;/h14-21,24,28-30H,4-13H2,1-3H3,(H,27,31)(H,32,33);;1H2/q;+1;/p-1/t14-,15?,16-,17-,18+,19+,20-,21+,24+,25+,26-;;/m1../s1. The number of carbonyl (C=O) groups excluding carboxylic acids is 2. The number of aliphatic carboxylic acids is 1. The Bertz CT molecular complexity index is 768. The van der Waals surface area contributed by atoms with E-state index in [9.17, 15) is 30.0 Å². The smallest absolute Gasteiger partial charge is 0.548 e. The molecule has 1 unspecified atom stereocenters. The summed E-state index contributed by atoms with van der Waals surface area (Å²) in [5, 5.41) is 46.1. The fourth-order valence-corrected chi connectivity index (χ4v) is 8.95. The minimum Gasteiger partial charge on any atom is -0.548 e. The minimum absolute atomic E-state index is 0. The van der Waals surface area contributed by atoms with Gasteiger partial charge in [-0.05, 0) is 97.7 Å². The molecule has 0 aromatic carbocycles. The third kappa shape index (κ3) is 5.50. The van der Waals surface area contributed by atoms with E-state index in [1.54, 1.807) is 0 Å². The van der Waals surface area contributed by atoms with Crippen molar-refractivity contribution in [2.45, 2.75) is 96.9 Å². The molecule has 0 bridgehead atoms. The Balaban J connectivity index is 0.00000216. The molecule has 0 aromatic rings. The molecule has 6 N–H and O–H groups in total. The van der Waals surface area contributed by atoms with Crippen LogP contribution < -0.4 is 40.0 Å². The molecule has 0 aromatic heterocycles. The summed E-state index contributed by atoms with van der Waals surface area (Å²) in [4.78, 5) is 22.6. The van der Waals surface area contributed by atoms with Crippen molar-refractivity contribution in [1.29, 1.82) is 0 Å². The molecule has 0 heterocycles. The van der Waals surface area contributed by atoms with Gasteiger partial charge in [-0.1, -0.05) is 20.8 Å². The molecule has 0 radical (unpaired) electrons. The normalized spacial score (nSPS) is 45.0. The van der Waals surface area contributed by atoms with Crippen molar-refractivity contribution in [2.75, 3.05) is 6.54 Å². The van der Waals surface area contributed by atoms with Gasteiger partial charge in [0, 0.05) is 6.42 Å². The number of nitrogens with one attached hydrogen (secondary N) is 1. The molecular weight excluding hydrogens is 461 g/mol. The quantitative estimate of drug-likeness (QED) is 0.290. The SMILES string of the molecule is C[C@H](CCC(=O)NCC(=O)[O-])[C@H]1CC[C@H]2[C@@H]3[C@H](O)CC4C[C@H](O)CC[C@]4(C)[C@H]3C[C@H](O)[C@]12C.O.[Na+]. The second-order valence-corrected chi connectivity index (χ2v) is 12.2. The molecule has 0 spiro atoms. The molecule has 8 nitrogen and oxygen atoms in total. The number of carboxylic acid groups (broad SMARTS) is 1. The van der Waals surface area contributed by atoms with Crippen LogP contribution in [-0.4, -0.2) is 57.5 Å². The van der Waals surface area contributed by atoms with Crippen LogP contribution in [0.5, 0.6) is 0 Å². The summed E-state index contributed by atoms with van der Waals surface area (Å²) in [7, 11) is 0. The van der Waals surface area contributed by atoms with Crippen molar-refractivity contribution in [2.24, 2.45) is 46.3 Å². The first kappa shape index (κ1) is 31.0. The molecule has 4 aliphatic rings. The minimum atomic E-state index is -1.29. The van der Waals surface area contributed by atoms with E-state index in [0.29, 0.717) is 18.8 Å². The molecule has 9 heteroatoms. The molecule has 4 saturated carbocycles. The molecule has 196 valence electrons. The Kier molecular flexibility index (Phi) is 10.3. The molecule has 4 rings (SSSR count). The van der Waals surface area contributed by atoms with E-state index in [4.69, 9.17) is 0 Å². The van der Waals surface area contributed by atoms with Crippen LogP contribution in [0.1, 0.15) is 78.6 Å². The first-order chi connectivity index (χ1) is 15.5. The molecule has 0 aliphatic heterocycles. The summed E-state index contributed by atoms with van der Waals surface area (Å²) >= 11 is 0. The van der Waals surface area contributed by atoms with E-state index in [1.807, 2.05) is 0 Å². The second kappa shape index (κ2) is 11.7. The van der Waals surface area contributed by atoms with Crippen molar-refractivity contribution in [1.82, 2.24) is 5.32 Å². The zero-order valence-corrected chi connectivity index (χ0v) is 23.8. The molecule has 0 saturated heterocycles. The van der Waals surface area contributed by atoms with Gasteiger partial charge in [-0.15, -0.1) is 0 Å². The van der Waals surface area contributed by atoms with Gasteiger partial charge < -0.3 is 36.0 Å². The molecule has 35 heavy (non-hydrogen) atoms. The van der Waals surface area contributed by atoms with Gasteiger partial charge in [-0.2, -0.15) is 0 Å². The summed E-state index contributed by atoms with van der Waals surface area (Å²) in [6, 6.07) is 0. The number of hydrogen-bond acceptors (Lipinski definition) is 6. The third-order valence-electron chi connectivity index (χ3n) is 10.8. The van der Waals surface area contributed by atoms with Crippen LogP contribution in [0, 0.1) is 46.3 Å². The number of hydrogen-bond donors (Lipinski definition) is 4. The van der Waals surface area contributed by atoms with Crippen LogP contribution in [0.15, 0.2) is 0 Å². The monoisotopic (exact) mass is 505 g/mol. The van der Waals surface area contributed by atoms with Crippen LogP contribution in [0.4, 0.5) is 0 Å². The van der Waals surface area contributed by atoms with E-state index < -0.39 is 18.6 Å². The first-order valence-corrected chi connectivity index (χ1v) is 13.0. The number of fused-ring (bicyclic) bond motifs is 5. The Morgan fingerprint density at radius 1 is 1.06 bits per heavy atom. The van der Waals surface area contributed by atoms with Crippen LogP contribution in [-0.2, 0) is 9.59 Å². The first-order valence-electron chi connectivity index (χ1n) is 13.0. The maximum atomic E-state index is 12.0. The number of rotatable bonds is 6. The molecular formula is C26H44NNaO7. The predicted octanol–water partition coefficient (Wildman–Crippen LogP) is -2.59. The Labute approximate surface area is 231 Å². The number of carbonyl (C=O) groups is 2. The molecule has 4 fully saturated rings. The van der Waals surface area contributed by atoms with Crippen LogP contribution in [0.25, 0.3) is 0 Å². The maximum absolute atomic E-state index is 12.0. The van der Waals surface area contributed by atoms with Gasteiger partial charge in [0.2, 0.25) is 5.91 Å². The van der Waals surface area contributed by atoms with E-state index in [0.717, 1.165) is 38.5 Å². The van der Waals surface area contributed by atoms with E-state index >= 15 is 0 Å². The number of aliphatic hydroxyl groups is 3. The molecule has 4 aliphatic carbocycles. The van der Waals surface area contributed by atoms with Gasteiger partial charge in [0.15, 0.2) is 0 Å². The fourth-order valence-electron chi connectivity index (χ4n) is 8.95. The van der Waals surface area contributed by atoms with Crippen molar-refractivity contribution in [3.8, 4) is 0 Å². The Hall–Kier alpha value is -0.220. The zero-order valence-electron chi connectivity index (χ0n) is 21.8. The van der Waals surface area contributed by atoms with Crippen LogP contribution in [0.2, 0.25) is 0 Å². The summed E-state index contributed by atoms with van der Waals surface area (Å²) in [6.07, 6.45) is 5.75. The van der Waals surface area contributed by atoms with Crippen LogP contribution >= 0.6 is 0 Å². The Morgan fingerprint density at radius 3 is 2.40 bits per heavy atom. The molecule has 1 amide bonds. The molecule has 11 atom stereocenters. The largest absolute Gasteiger partial charge is 1.00 e. The van der Waals surface area contributed by atoms with Crippen molar-refractivity contribution in [3.05, 3.63) is 0 Å².